The van der Waals surface area contributed by atoms with E-state index in [1.807, 2.05) is 0 Å². The van der Waals surface area contributed by atoms with E-state index in [1.165, 1.54) is 11.1 Å². The molecule has 4 heteroatoms. The number of hydrogen-bond donors (Lipinski definition) is 1. The zero-order valence-electron chi connectivity index (χ0n) is 14.0. The van der Waals surface area contributed by atoms with Gasteiger partial charge in [0.25, 0.3) is 0 Å². The van der Waals surface area contributed by atoms with E-state index in [-0.39, 0.29) is 11.9 Å². The summed E-state index contributed by atoms with van der Waals surface area (Å²) in [6.07, 6.45) is 0.445. The second-order valence-corrected chi connectivity index (χ2v) is 6.32. The van der Waals surface area contributed by atoms with Crippen LogP contribution in [0.1, 0.15) is 23.6 Å². The Morgan fingerprint density at radius 2 is 1.38 bits per heavy atom. The number of nitrogens with two attached hydrogens (primary N) is 1. The monoisotopic (exact) mass is 323 g/mol. The lowest BCUT2D eigenvalue weighted by atomic mass is 9.96. The molecule has 1 heterocycles. The second-order valence-electron chi connectivity index (χ2n) is 6.32. The van der Waals surface area contributed by atoms with Crippen molar-refractivity contribution in [3.63, 3.8) is 0 Å². The summed E-state index contributed by atoms with van der Waals surface area (Å²) in [6, 6.07) is 21.7. The molecule has 0 saturated carbocycles. The molecule has 4 nitrogen and oxygen atoms in total. The molecule has 0 spiro atoms. The van der Waals surface area contributed by atoms with Crippen LogP contribution in [-0.4, -0.2) is 48.4 Å². The standard InChI is InChI=1S/C20H25N3O/c21-19(24)11-12-22-13-15-23(16-14-22)20(17-7-3-1-4-8-17)18-9-5-2-6-10-18/h1-10,20H,11-16H2,(H2,21,24). The zero-order valence-corrected chi connectivity index (χ0v) is 14.0. The van der Waals surface area contributed by atoms with E-state index in [0.717, 1.165) is 32.7 Å². The third-order valence-electron chi connectivity index (χ3n) is 4.68. The molecule has 1 saturated heterocycles. The number of carbonyl (C=O) groups is 1. The van der Waals surface area contributed by atoms with Gasteiger partial charge in [0.1, 0.15) is 0 Å². The van der Waals surface area contributed by atoms with Crippen LogP contribution in [-0.2, 0) is 4.79 Å². The molecule has 126 valence electrons. The average Bonchev–Trinajstić information content (AvgIpc) is 2.63. The first-order chi connectivity index (χ1) is 11.7. The third kappa shape index (κ3) is 4.22. The second kappa shape index (κ2) is 8.08. The van der Waals surface area contributed by atoms with Gasteiger partial charge in [-0.05, 0) is 11.1 Å². The first kappa shape index (κ1) is 16.7. The SMILES string of the molecule is NC(=O)CCN1CCN(C(c2ccccc2)c2ccccc2)CC1. The number of nitrogens with zero attached hydrogens (tertiary/aromatic N) is 2. The van der Waals surface area contributed by atoms with E-state index in [4.69, 9.17) is 5.73 Å². The quantitative estimate of drug-likeness (QED) is 0.887. The Hall–Kier alpha value is -2.17. The third-order valence-corrected chi connectivity index (χ3v) is 4.68. The molecule has 1 amide bonds. The number of rotatable bonds is 6. The van der Waals surface area contributed by atoms with E-state index in [2.05, 4.69) is 70.5 Å². The summed E-state index contributed by atoms with van der Waals surface area (Å²) in [5.41, 5.74) is 7.92. The highest BCUT2D eigenvalue weighted by Gasteiger charge is 2.26. The predicted octanol–water partition coefficient (Wildman–Crippen LogP) is 2.27. The topological polar surface area (TPSA) is 49.6 Å². The van der Waals surface area contributed by atoms with Crippen LogP contribution < -0.4 is 5.73 Å². The van der Waals surface area contributed by atoms with Crippen LogP contribution in [0.4, 0.5) is 0 Å². The summed E-state index contributed by atoms with van der Waals surface area (Å²) in [6.45, 7) is 4.71. The number of piperazine rings is 1. The van der Waals surface area contributed by atoms with Gasteiger partial charge in [0.05, 0.1) is 6.04 Å². The van der Waals surface area contributed by atoms with Crippen LogP contribution in [0.25, 0.3) is 0 Å². The van der Waals surface area contributed by atoms with E-state index < -0.39 is 0 Å². The molecule has 0 aromatic heterocycles. The average molecular weight is 323 g/mol. The molecule has 2 N–H and O–H groups in total. The summed E-state index contributed by atoms with van der Waals surface area (Å²) in [5.74, 6) is -0.219. The highest BCUT2D eigenvalue weighted by molar-refractivity contribution is 5.73. The van der Waals surface area contributed by atoms with E-state index >= 15 is 0 Å². The zero-order chi connectivity index (χ0) is 16.8. The lowest BCUT2D eigenvalue weighted by molar-refractivity contribution is -0.118. The normalized spacial score (nSPS) is 16.4. The van der Waals surface area contributed by atoms with Gasteiger partial charge >= 0.3 is 0 Å². The van der Waals surface area contributed by atoms with E-state index in [9.17, 15) is 4.79 Å². The summed E-state index contributed by atoms with van der Waals surface area (Å²) >= 11 is 0. The van der Waals surface area contributed by atoms with Gasteiger partial charge in [0.15, 0.2) is 0 Å². The van der Waals surface area contributed by atoms with Crippen molar-refractivity contribution < 1.29 is 4.79 Å². The summed E-state index contributed by atoms with van der Waals surface area (Å²) in [7, 11) is 0. The van der Waals surface area contributed by atoms with Crippen molar-refractivity contribution in [1.82, 2.24) is 9.80 Å². The number of benzene rings is 2. The van der Waals surface area contributed by atoms with Crippen molar-refractivity contribution in [2.45, 2.75) is 12.5 Å². The smallest absolute Gasteiger partial charge is 0.218 e. The number of primary amides is 1. The van der Waals surface area contributed by atoms with E-state index in [1.54, 1.807) is 0 Å². The van der Waals surface area contributed by atoms with Gasteiger partial charge in [-0.3, -0.25) is 9.69 Å². The molecule has 1 aliphatic rings. The summed E-state index contributed by atoms with van der Waals surface area (Å²) in [5, 5.41) is 0. The van der Waals surface area contributed by atoms with Crippen LogP contribution in [0.5, 0.6) is 0 Å². The number of amides is 1. The van der Waals surface area contributed by atoms with Gasteiger partial charge in [-0.25, -0.2) is 0 Å². The minimum atomic E-state index is -0.219. The molecular formula is C20H25N3O. The fraction of sp³-hybridized carbons (Fsp3) is 0.350. The van der Waals surface area contributed by atoms with Gasteiger partial charge in [0, 0.05) is 39.1 Å². The lowest BCUT2D eigenvalue weighted by Gasteiger charge is -2.39. The summed E-state index contributed by atoms with van der Waals surface area (Å²) < 4.78 is 0. The van der Waals surface area contributed by atoms with Crippen molar-refractivity contribution in [1.29, 1.82) is 0 Å². The highest BCUT2D eigenvalue weighted by Crippen LogP contribution is 2.29. The Bertz CT molecular complexity index is 597. The molecule has 1 aliphatic heterocycles. The number of hydrogen-bond acceptors (Lipinski definition) is 3. The van der Waals surface area contributed by atoms with Gasteiger partial charge < -0.3 is 10.6 Å². The minimum Gasteiger partial charge on any atom is -0.370 e. The lowest BCUT2D eigenvalue weighted by Crippen LogP contribution is -2.48. The largest absolute Gasteiger partial charge is 0.370 e. The maximum absolute atomic E-state index is 11.0. The first-order valence-electron chi connectivity index (χ1n) is 8.58. The van der Waals surface area contributed by atoms with Crippen molar-refractivity contribution in [2.75, 3.05) is 32.7 Å². The van der Waals surface area contributed by atoms with Crippen LogP contribution in [0.15, 0.2) is 60.7 Å². The Kier molecular flexibility index (Phi) is 5.62. The fourth-order valence-corrected chi connectivity index (χ4v) is 3.40. The molecule has 0 radical (unpaired) electrons. The Balaban J connectivity index is 1.73. The van der Waals surface area contributed by atoms with Crippen LogP contribution >= 0.6 is 0 Å². The fourth-order valence-electron chi connectivity index (χ4n) is 3.40. The van der Waals surface area contributed by atoms with Crippen LogP contribution in [0, 0.1) is 0 Å². The van der Waals surface area contributed by atoms with E-state index in [0.29, 0.717) is 6.42 Å². The molecule has 0 aliphatic carbocycles. The Morgan fingerprint density at radius 3 is 1.83 bits per heavy atom. The molecule has 2 aromatic carbocycles. The molecule has 24 heavy (non-hydrogen) atoms. The molecule has 1 fully saturated rings. The molecule has 3 rings (SSSR count). The maximum Gasteiger partial charge on any atom is 0.218 e. The maximum atomic E-state index is 11.0. The highest BCUT2D eigenvalue weighted by atomic mass is 16.1. The van der Waals surface area contributed by atoms with Gasteiger partial charge in [-0.1, -0.05) is 60.7 Å². The Morgan fingerprint density at radius 1 is 0.875 bits per heavy atom. The van der Waals surface area contributed by atoms with Crippen molar-refractivity contribution >= 4 is 5.91 Å². The summed E-state index contributed by atoms with van der Waals surface area (Å²) in [4.78, 5) is 15.8. The van der Waals surface area contributed by atoms with Crippen molar-refractivity contribution in [3.05, 3.63) is 71.8 Å². The molecule has 0 atom stereocenters. The molecule has 2 aromatic rings. The van der Waals surface area contributed by atoms with Gasteiger partial charge in [-0.15, -0.1) is 0 Å². The number of carbonyl (C=O) groups excluding carboxylic acids is 1. The Labute approximate surface area is 143 Å². The van der Waals surface area contributed by atoms with Gasteiger partial charge in [0.2, 0.25) is 5.91 Å². The molecular weight excluding hydrogens is 298 g/mol. The van der Waals surface area contributed by atoms with Crippen LogP contribution in [0.2, 0.25) is 0 Å². The molecule has 0 bridgehead atoms. The van der Waals surface area contributed by atoms with Crippen molar-refractivity contribution in [3.8, 4) is 0 Å². The molecule has 0 unspecified atom stereocenters. The predicted molar refractivity (Wildman–Crippen MR) is 96.6 cm³/mol. The van der Waals surface area contributed by atoms with Crippen LogP contribution in [0.3, 0.4) is 0 Å². The van der Waals surface area contributed by atoms with Gasteiger partial charge in [-0.2, -0.15) is 0 Å². The van der Waals surface area contributed by atoms with Crippen molar-refractivity contribution in [2.24, 2.45) is 5.73 Å². The first-order valence-corrected chi connectivity index (χ1v) is 8.58. The minimum absolute atomic E-state index is 0.219.